The lowest BCUT2D eigenvalue weighted by Crippen LogP contribution is -2.10. The number of hydrogen-bond donors (Lipinski definition) is 0. The fraction of sp³-hybridized carbons (Fsp3) is 0.375. The highest BCUT2D eigenvalue weighted by Gasteiger charge is 2.03. The Hall–Kier alpha value is -1.70. The van der Waals surface area contributed by atoms with Crippen molar-refractivity contribution in [2.45, 2.75) is 32.3 Å². The van der Waals surface area contributed by atoms with E-state index in [2.05, 4.69) is 24.7 Å². The molecule has 88 valence electrons. The van der Waals surface area contributed by atoms with Crippen LogP contribution in [-0.4, -0.2) is 12.7 Å². The fourth-order valence-corrected chi connectivity index (χ4v) is 1.42. The molecule has 0 aliphatic heterocycles. The van der Waals surface area contributed by atoms with E-state index in [-0.39, 0.29) is 6.10 Å². The average molecular weight is 226 g/mol. The van der Waals surface area contributed by atoms with Crippen LogP contribution in [0.3, 0.4) is 0 Å². The molecule has 0 fully saturated rings. The molecule has 0 N–H and O–H groups in total. The van der Waals surface area contributed by atoms with Crippen LogP contribution >= 0.6 is 0 Å². The maximum Gasteiger partial charge on any atom is 0.119 e. The molecule has 0 bridgehead atoms. The zero-order valence-corrected chi connectivity index (χ0v) is 10.3. The summed E-state index contributed by atoms with van der Waals surface area (Å²) in [6, 6.07) is 9.92. The van der Waals surface area contributed by atoms with Gasteiger partial charge >= 0.3 is 0 Å². The molecule has 1 unspecified atom stereocenters. The second-order valence-corrected chi connectivity index (χ2v) is 3.78. The molecule has 0 heterocycles. The number of ether oxygens (including phenoxy) is 1. The molecule has 0 aliphatic rings. The Labute approximate surface area is 104 Å². The predicted octanol–water partition coefficient (Wildman–Crippen LogP) is 3.25. The van der Waals surface area contributed by atoms with Crippen LogP contribution < -0.4 is 0 Å². The molecule has 1 atom stereocenters. The molecule has 1 aromatic carbocycles. The minimum absolute atomic E-state index is 0.0498. The minimum atomic E-state index is -0.0498. The van der Waals surface area contributed by atoms with Crippen LogP contribution in [0.2, 0.25) is 0 Å². The van der Waals surface area contributed by atoms with Crippen molar-refractivity contribution in [3.8, 4) is 24.2 Å². The normalized spacial score (nSPS) is 11.1. The van der Waals surface area contributed by atoms with Crippen molar-refractivity contribution in [3.05, 3.63) is 35.9 Å². The lowest BCUT2D eigenvalue weighted by atomic mass is 10.1. The zero-order chi connectivity index (χ0) is 12.3. The summed E-state index contributed by atoms with van der Waals surface area (Å²) in [7, 11) is 0. The van der Waals surface area contributed by atoms with Gasteiger partial charge in [-0.05, 0) is 18.6 Å². The summed E-state index contributed by atoms with van der Waals surface area (Å²) in [5.41, 5.74) is 1.01. The first kappa shape index (κ1) is 13.4. The van der Waals surface area contributed by atoms with Crippen molar-refractivity contribution in [1.29, 1.82) is 0 Å². The Morgan fingerprint density at radius 1 is 1.29 bits per heavy atom. The van der Waals surface area contributed by atoms with Crippen LogP contribution in [0.15, 0.2) is 30.3 Å². The summed E-state index contributed by atoms with van der Waals surface area (Å²) >= 11 is 0. The molecule has 1 nitrogen and oxygen atoms in total. The van der Waals surface area contributed by atoms with Crippen LogP contribution in [-0.2, 0) is 4.74 Å². The van der Waals surface area contributed by atoms with Crippen molar-refractivity contribution >= 4 is 0 Å². The summed E-state index contributed by atoms with van der Waals surface area (Å²) in [6.45, 7) is 2.49. The lowest BCUT2D eigenvalue weighted by molar-refractivity contribution is 0.112. The molecule has 1 heteroatoms. The van der Waals surface area contributed by atoms with E-state index in [0.29, 0.717) is 6.61 Å². The zero-order valence-electron chi connectivity index (χ0n) is 10.3. The third-order valence-corrected chi connectivity index (χ3v) is 2.34. The van der Waals surface area contributed by atoms with Gasteiger partial charge in [0.2, 0.25) is 0 Å². The number of hydrogen-bond acceptors (Lipinski definition) is 1. The highest BCUT2D eigenvalue weighted by molar-refractivity contribution is 5.34. The van der Waals surface area contributed by atoms with Gasteiger partial charge in [-0.25, -0.2) is 0 Å². The lowest BCUT2D eigenvalue weighted by Gasteiger charge is -2.08. The summed E-state index contributed by atoms with van der Waals surface area (Å²) in [5, 5.41) is 0. The quantitative estimate of drug-likeness (QED) is 0.700. The van der Waals surface area contributed by atoms with Gasteiger partial charge < -0.3 is 4.74 Å². The third-order valence-electron chi connectivity index (χ3n) is 2.34. The van der Waals surface area contributed by atoms with Crippen molar-refractivity contribution in [2.24, 2.45) is 0 Å². The van der Waals surface area contributed by atoms with Gasteiger partial charge in [0, 0.05) is 5.56 Å². The topological polar surface area (TPSA) is 9.23 Å². The van der Waals surface area contributed by atoms with Crippen LogP contribution in [0.4, 0.5) is 0 Å². The maximum atomic E-state index is 5.51. The second-order valence-electron chi connectivity index (χ2n) is 3.78. The standard InChI is InChI=1S/C16H18O/c1-3-5-11-16(17-14-4-2)13-12-15-9-7-6-8-10-15/h2,6-10,16H,3,5,11,14H2,1H3. The molecule has 0 radical (unpaired) electrons. The minimum Gasteiger partial charge on any atom is -0.353 e. The Morgan fingerprint density at radius 2 is 2.06 bits per heavy atom. The Bertz CT molecular complexity index is 403. The highest BCUT2D eigenvalue weighted by atomic mass is 16.5. The first-order valence-electron chi connectivity index (χ1n) is 5.98. The largest absolute Gasteiger partial charge is 0.353 e. The monoisotopic (exact) mass is 226 g/mol. The maximum absolute atomic E-state index is 5.51. The molecule has 0 saturated carbocycles. The first-order chi connectivity index (χ1) is 8.36. The van der Waals surface area contributed by atoms with Crippen molar-refractivity contribution in [3.63, 3.8) is 0 Å². The second kappa shape index (κ2) is 8.45. The first-order valence-corrected chi connectivity index (χ1v) is 5.98. The number of unbranched alkanes of at least 4 members (excludes halogenated alkanes) is 1. The Balaban J connectivity index is 2.59. The van der Waals surface area contributed by atoms with E-state index in [4.69, 9.17) is 11.2 Å². The number of rotatable bonds is 5. The Morgan fingerprint density at radius 3 is 2.71 bits per heavy atom. The smallest absolute Gasteiger partial charge is 0.119 e. The molecule has 17 heavy (non-hydrogen) atoms. The number of benzene rings is 1. The van der Waals surface area contributed by atoms with Crippen LogP contribution in [0, 0.1) is 24.2 Å². The van der Waals surface area contributed by atoms with E-state index in [1.165, 1.54) is 0 Å². The van der Waals surface area contributed by atoms with E-state index in [9.17, 15) is 0 Å². The van der Waals surface area contributed by atoms with Gasteiger partial charge in [-0.1, -0.05) is 55.7 Å². The van der Waals surface area contributed by atoms with Crippen LogP contribution in [0.25, 0.3) is 0 Å². The molecule has 1 aromatic rings. The van der Waals surface area contributed by atoms with Crippen molar-refractivity contribution < 1.29 is 4.74 Å². The molecular weight excluding hydrogens is 208 g/mol. The van der Waals surface area contributed by atoms with Crippen molar-refractivity contribution in [2.75, 3.05) is 6.61 Å². The highest BCUT2D eigenvalue weighted by Crippen LogP contribution is 2.04. The Kier molecular flexibility index (Phi) is 6.64. The van der Waals surface area contributed by atoms with Crippen LogP contribution in [0.1, 0.15) is 31.7 Å². The summed E-state index contributed by atoms with van der Waals surface area (Å²) in [4.78, 5) is 0. The van der Waals surface area contributed by atoms with Gasteiger partial charge in [0.05, 0.1) is 0 Å². The van der Waals surface area contributed by atoms with Gasteiger partial charge in [-0.15, -0.1) is 6.42 Å². The third kappa shape index (κ3) is 5.81. The molecule has 0 aromatic heterocycles. The van der Waals surface area contributed by atoms with E-state index >= 15 is 0 Å². The van der Waals surface area contributed by atoms with E-state index < -0.39 is 0 Å². The van der Waals surface area contributed by atoms with E-state index in [1.54, 1.807) is 0 Å². The van der Waals surface area contributed by atoms with Gasteiger partial charge in [0.1, 0.15) is 12.7 Å². The van der Waals surface area contributed by atoms with Crippen molar-refractivity contribution in [1.82, 2.24) is 0 Å². The molecule has 1 rings (SSSR count). The summed E-state index contributed by atoms with van der Waals surface area (Å²) in [5.74, 6) is 8.74. The summed E-state index contributed by atoms with van der Waals surface area (Å²) < 4.78 is 5.51. The molecular formula is C16H18O. The SMILES string of the molecule is C#CCOC(C#Cc1ccccc1)CCCC. The fourth-order valence-electron chi connectivity index (χ4n) is 1.42. The van der Waals surface area contributed by atoms with Gasteiger partial charge in [0.25, 0.3) is 0 Å². The summed E-state index contributed by atoms with van der Waals surface area (Å²) in [6.07, 6.45) is 8.33. The van der Waals surface area contributed by atoms with E-state index in [0.717, 1.165) is 24.8 Å². The molecule has 0 saturated heterocycles. The molecule has 0 amide bonds. The predicted molar refractivity (Wildman–Crippen MR) is 71.4 cm³/mol. The van der Waals surface area contributed by atoms with Gasteiger partial charge in [-0.3, -0.25) is 0 Å². The average Bonchev–Trinajstić information content (AvgIpc) is 2.39. The van der Waals surface area contributed by atoms with Crippen LogP contribution in [0.5, 0.6) is 0 Å². The van der Waals surface area contributed by atoms with Gasteiger partial charge in [-0.2, -0.15) is 0 Å². The molecule has 0 spiro atoms. The van der Waals surface area contributed by atoms with E-state index in [1.807, 2.05) is 30.3 Å². The molecule has 0 aliphatic carbocycles. The van der Waals surface area contributed by atoms with Gasteiger partial charge in [0.15, 0.2) is 0 Å². The number of terminal acetylenes is 1.